The lowest BCUT2D eigenvalue weighted by atomic mass is 10.2. The molecular weight excluding hydrogens is 412 g/mol. The fourth-order valence-corrected chi connectivity index (χ4v) is 2.74. The van der Waals surface area contributed by atoms with Gasteiger partial charge in [0.15, 0.2) is 17.3 Å². The number of carbonyl (C=O) groups is 1. The molecule has 0 aliphatic heterocycles. The number of aromatic nitrogens is 3. The molecule has 0 aliphatic rings. The van der Waals surface area contributed by atoms with E-state index in [0.717, 1.165) is 0 Å². The van der Waals surface area contributed by atoms with Gasteiger partial charge in [0, 0.05) is 6.92 Å². The summed E-state index contributed by atoms with van der Waals surface area (Å²) >= 11 is 0. The molecule has 164 valence electrons. The minimum atomic E-state index is -0.405. The molecule has 0 aliphatic carbocycles. The molecule has 2 aromatic carbocycles. The number of aliphatic hydroxyl groups is 1. The zero-order valence-corrected chi connectivity index (χ0v) is 18.1. The summed E-state index contributed by atoms with van der Waals surface area (Å²) in [4.78, 5) is 24.1. The molecule has 0 atom stereocenters. The minimum Gasteiger partial charge on any atom is -0.510 e. The maximum absolute atomic E-state index is 12.7. The lowest BCUT2D eigenvalue weighted by Gasteiger charge is -2.01. The van der Waals surface area contributed by atoms with Crippen LogP contribution in [0.3, 0.4) is 0 Å². The number of benzene rings is 2. The van der Waals surface area contributed by atoms with E-state index >= 15 is 0 Å². The lowest BCUT2D eigenvalue weighted by Crippen LogP contribution is -2.21. The van der Waals surface area contributed by atoms with E-state index in [1.807, 2.05) is 0 Å². The predicted octanol–water partition coefficient (Wildman–Crippen LogP) is 3.70. The van der Waals surface area contributed by atoms with E-state index in [4.69, 9.17) is 4.74 Å². The van der Waals surface area contributed by atoms with Crippen molar-refractivity contribution in [2.75, 3.05) is 7.11 Å². The van der Waals surface area contributed by atoms with E-state index in [0.29, 0.717) is 28.5 Å². The monoisotopic (exact) mass is 434 g/mol. The molecule has 1 heterocycles. The fourth-order valence-electron chi connectivity index (χ4n) is 2.74. The molecule has 1 N–H and O–H groups in total. The third-order valence-corrected chi connectivity index (χ3v) is 4.39. The first-order valence-corrected chi connectivity index (χ1v) is 9.60. The van der Waals surface area contributed by atoms with Crippen LogP contribution in [0.1, 0.15) is 25.2 Å². The van der Waals surface area contributed by atoms with E-state index in [9.17, 15) is 14.7 Å². The number of methoxy groups -OCH3 is 1. The Hall–Kier alpha value is -4.34. The van der Waals surface area contributed by atoms with Crippen LogP contribution in [-0.2, 0) is 4.79 Å². The number of carbonyl (C=O) groups excluding carboxylic acids is 1. The number of nitrogens with zero attached hydrogens (tertiary/aromatic N) is 6. The van der Waals surface area contributed by atoms with Crippen molar-refractivity contribution in [2.24, 2.45) is 15.3 Å². The number of ketones is 1. The summed E-state index contributed by atoms with van der Waals surface area (Å²) in [5.41, 5.74) is 1.30. The molecule has 32 heavy (non-hydrogen) atoms. The summed E-state index contributed by atoms with van der Waals surface area (Å²) in [6.07, 6.45) is 1.52. The number of azo groups is 1. The molecule has 0 saturated heterocycles. The van der Waals surface area contributed by atoms with Crippen molar-refractivity contribution < 1.29 is 14.6 Å². The molecule has 3 rings (SSSR count). The minimum absolute atomic E-state index is 0.0978. The number of hydrogen-bond donors (Lipinski definition) is 1. The van der Waals surface area contributed by atoms with E-state index in [1.165, 1.54) is 29.4 Å². The van der Waals surface area contributed by atoms with Gasteiger partial charge >= 0.3 is 5.69 Å². The summed E-state index contributed by atoms with van der Waals surface area (Å²) in [6, 6.07) is 13.8. The third-order valence-electron chi connectivity index (χ3n) is 4.39. The molecule has 10 nitrogen and oxygen atoms in total. The molecule has 0 spiro atoms. The summed E-state index contributed by atoms with van der Waals surface area (Å²) in [7, 11) is 1.57. The molecule has 0 bridgehead atoms. The van der Waals surface area contributed by atoms with Gasteiger partial charge in [-0.05, 0) is 55.8 Å². The second-order valence-corrected chi connectivity index (χ2v) is 6.78. The summed E-state index contributed by atoms with van der Waals surface area (Å²) < 4.78 is 7.59. The van der Waals surface area contributed by atoms with E-state index in [1.54, 1.807) is 62.6 Å². The number of hydrogen-bond acceptors (Lipinski definition) is 8. The maximum atomic E-state index is 12.7. The Morgan fingerprint density at radius 2 is 1.75 bits per heavy atom. The highest BCUT2D eigenvalue weighted by molar-refractivity contribution is 5.93. The van der Waals surface area contributed by atoms with Crippen molar-refractivity contribution in [3.05, 3.63) is 81.9 Å². The van der Waals surface area contributed by atoms with Gasteiger partial charge in [-0.15, -0.1) is 10.2 Å². The Labute approximate surface area is 183 Å². The van der Waals surface area contributed by atoms with Gasteiger partial charge in [-0.25, -0.2) is 4.79 Å². The van der Waals surface area contributed by atoms with E-state index < -0.39 is 5.69 Å². The standard InChI is InChI=1S/C22H22N6O4/c1-14(29)21(15(2)30)25-24-18-7-5-17(6-8-18)13-23-27-16(3)26-28(22(27)31)19-9-11-20(32-4)12-10-19/h5-13,29H,1-4H3/b21-14-,23-13+,25-24?. The highest BCUT2D eigenvalue weighted by Gasteiger charge is 2.11. The van der Waals surface area contributed by atoms with E-state index in [2.05, 4.69) is 20.4 Å². The first-order valence-electron chi connectivity index (χ1n) is 9.60. The topological polar surface area (TPSA) is 123 Å². The summed E-state index contributed by atoms with van der Waals surface area (Å²) in [6.45, 7) is 4.36. The van der Waals surface area contributed by atoms with Crippen LogP contribution in [0.5, 0.6) is 5.75 Å². The molecule has 1 aromatic heterocycles. The van der Waals surface area contributed by atoms with Crippen LogP contribution in [0, 0.1) is 6.92 Å². The number of aryl methyl sites for hydroxylation is 1. The SMILES string of the molecule is COc1ccc(-n2nc(C)n(/N=C/c3ccc(N=N/C(C(C)=O)=C(/C)O)cc3)c2=O)cc1. The van der Waals surface area contributed by atoms with Crippen LogP contribution >= 0.6 is 0 Å². The van der Waals surface area contributed by atoms with Crippen molar-refractivity contribution in [3.8, 4) is 11.4 Å². The number of aliphatic hydroxyl groups excluding tert-OH is 1. The number of ether oxygens (including phenoxy) is 1. The van der Waals surface area contributed by atoms with Gasteiger partial charge in [-0.1, -0.05) is 12.1 Å². The van der Waals surface area contributed by atoms with Gasteiger partial charge in [0.05, 0.1) is 24.7 Å². The fraction of sp³-hybridized carbons (Fsp3) is 0.182. The second kappa shape index (κ2) is 9.65. The number of rotatable bonds is 7. The van der Waals surface area contributed by atoms with Crippen LogP contribution in [0.25, 0.3) is 5.69 Å². The first-order chi connectivity index (χ1) is 15.3. The van der Waals surface area contributed by atoms with Gasteiger partial charge in [0.1, 0.15) is 11.5 Å². The molecule has 0 unspecified atom stereocenters. The maximum Gasteiger partial charge on any atom is 0.371 e. The molecule has 0 saturated carbocycles. The van der Waals surface area contributed by atoms with E-state index in [-0.39, 0.29) is 17.2 Å². The molecule has 0 amide bonds. The summed E-state index contributed by atoms with van der Waals surface area (Å²) in [5, 5.41) is 25.7. The average molecular weight is 434 g/mol. The Balaban J connectivity index is 1.79. The Kier molecular flexibility index (Phi) is 6.74. The highest BCUT2D eigenvalue weighted by Crippen LogP contribution is 2.16. The molecular formula is C22H22N6O4. The van der Waals surface area contributed by atoms with Crippen molar-refractivity contribution >= 4 is 17.7 Å². The van der Waals surface area contributed by atoms with Gasteiger partial charge in [0.25, 0.3) is 0 Å². The Bertz CT molecular complexity index is 1260. The highest BCUT2D eigenvalue weighted by atomic mass is 16.5. The molecule has 3 aromatic rings. The molecule has 0 radical (unpaired) electrons. The van der Waals surface area contributed by atoms with Gasteiger partial charge in [-0.2, -0.15) is 19.6 Å². The van der Waals surface area contributed by atoms with Crippen molar-refractivity contribution in [1.82, 2.24) is 14.5 Å². The Morgan fingerprint density at radius 3 is 2.31 bits per heavy atom. The van der Waals surface area contributed by atoms with Crippen molar-refractivity contribution in [3.63, 3.8) is 0 Å². The van der Waals surface area contributed by atoms with Crippen LogP contribution in [-0.4, -0.2) is 38.7 Å². The zero-order valence-electron chi connectivity index (χ0n) is 18.1. The normalized spacial score (nSPS) is 12.4. The van der Waals surface area contributed by atoms with Gasteiger partial charge in [0.2, 0.25) is 0 Å². The van der Waals surface area contributed by atoms with Gasteiger partial charge < -0.3 is 9.84 Å². The number of allylic oxidation sites excluding steroid dienone is 2. The van der Waals surface area contributed by atoms with Crippen LogP contribution in [0.15, 0.2) is 80.1 Å². The van der Waals surface area contributed by atoms with Crippen LogP contribution < -0.4 is 10.4 Å². The third kappa shape index (κ3) is 5.04. The van der Waals surface area contributed by atoms with Crippen LogP contribution in [0.4, 0.5) is 5.69 Å². The van der Waals surface area contributed by atoms with Crippen molar-refractivity contribution in [1.29, 1.82) is 0 Å². The Morgan fingerprint density at radius 1 is 1.09 bits per heavy atom. The molecule has 0 fully saturated rings. The largest absolute Gasteiger partial charge is 0.510 e. The zero-order chi connectivity index (χ0) is 23.3. The average Bonchev–Trinajstić information content (AvgIpc) is 3.06. The van der Waals surface area contributed by atoms with Crippen LogP contribution in [0.2, 0.25) is 0 Å². The lowest BCUT2D eigenvalue weighted by molar-refractivity contribution is -0.113. The quantitative estimate of drug-likeness (QED) is 0.263. The first kappa shape index (κ1) is 22.3. The summed E-state index contributed by atoms with van der Waals surface area (Å²) in [5.74, 6) is 0.531. The second-order valence-electron chi connectivity index (χ2n) is 6.78. The molecule has 10 heteroatoms. The van der Waals surface area contributed by atoms with Crippen molar-refractivity contribution in [2.45, 2.75) is 20.8 Å². The predicted molar refractivity (Wildman–Crippen MR) is 119 cm³/mol. The smallest absolute Gasteiger partial charge is 0.371 e. The van der Waals surface area contributed by atoms with Gasteiger partial charge in [-0.3, -0.25) is 4.79 Å². The number of Topliss-reactive ketones (excluding diaryl/α,β-unsaturated/α-hetero) is 1.